The van der Waals surface area contributed by atoms with Crippen molar-refractivity contribution in [3.8, 4) is 29.1 Å². The molecule has 52 heavy (non-hydrogen) atoms. The molecule has 6 heterocycles. The number of phenols is 1. The summed E-state index contributed by atoms with van der Waals surface area (Å²) in [4.78, 5) is 34.8. The number of nitriles is 1. The van der Waals surface area contributed by atoms with E-state index in [0.717, 1.165) is 42.2 Å². The van der Waals surface area contributed by atoms with Crippen LogP contribution in [0.3, 0.4) is 0 Å². The second-order valence-electron chi connectivity index (χ2n) is 12.9. The maximum Gasteiger partial charge on any atom is 0.417 e. The standard InChI is InChI=1S/C34H30F6N8O3S/c35-19-14-33(5-1-8-47(33)16-19)18-51-32-44-29-23(15-43-28(27(29)37)22-12-21(49)2-3-24(22)34(38,39)40)30(45-32)46-9-10-48(20(17-46)4-6-41)31(50)25(36)13-26-42-7-11-52-26/h2-3,7,11-13,15,19-20,49H,1,4-5,8-10,14,16-18H2/b25-13-/t19-,20+,33+/m1/s1. The van der Waals surface area contributed by atoms with Crippen LogP contribution in [-0.4, -0.2) is 97.8 Å². The molecule has 3 atom stereocenters. The van der Waals surface area contributed by atoms with Crippen LogP contribution in [0.15, 0.2) is 41.8 Å². The molecule has 3 aliphatic heterocycles. The van der Waals surface area contributed by atoms with Crippen LogP contribution in [0.2, 0.25) is 0 Å². The minimum absolute atomic E-state index is 0.0158. The monoisotopic (exact) mass is 744 g/mol. The van der Waals surface area contributed by atoms with E-state index < -0.39 is 69.6 Å². The van der Waals surface area contributed by atoms with Crippen LogP contribution in [0, 0.1) is 17.1 Å². The summed E-state index contributed by atoms with van der Waals surface area (Å²) in [6.45, 7) is 0.766. The van der Waals surface area contributed by atoms with Crippen LogP contribution in [0.5, 0.6) is 11.8 Å². The largest absolute Gasteiger partial charge is 0.508 e. The Morgan fingerprint density at radius 3 is 2.77 bits per heavy atom. The summed E-state index contributed by atoms with van der Waals surface area (Å²) in [5.74, 6) is -3.76. The number of phenolic OH excluding ortho intramolecular Hbond substituents is 1. The summed E-state index contributed by atoms with van der Waals surface area (Å²) in [6, 6.07) is 3.04. The number of piperazine rings is 1. The summed E-state index contributed by atoms with van der Waals surface area (Å²) < 4.78 is 94.1. The molecule has 0 saturated carbocycles. The van der Waals surface area contributed by atoms with Crippen molar-refractivity contribution in [3.05, 3.63) is 58.2 Å². The third-order valence-electron chi connectivity index (χ3n) is 9.71. The highest BCUT2D eigenvalue weighted by Gasteiger charge is 2.49. The summed E-state index contributed by atoms with van der Waals surface area (Å²) in [5, 5.41) is 21.5. The highest BCUT2D eigenvalue weighted by molar-refractivity contribution is 7.10. The third-order valence-corrected chi connectivity index (χ3v) is 10.4. The van der Waals surface area contributed by atoms with Gasteiger partial charge in [0.1, 0.15) is 40.6 Å². The quantitative estimate of drug-likeness (QED) is 0.172. The Kier molecular flexibility index (Phi) is 9.42. The number of benzene rings is 1. The Morgan fingerprint density at radius 1 is 1.19 bits per heavy atom. The van der Waals surface area contributed by atoms with Gasteiger partial charge in [-0.15, -0.1) is 11.3 Å². The number of nitrogens with zero attached hydrogens (tertiary/aromatic N) is 8. The number of aromatic hydroxyl groups is 1. The Bertz CT molecular complexity index is 2080. The van der Waals surface area contributed by atoms with E-state index >= 15 is 8.78 Å². The number of hydrogen-bond donors (Lipinski definition) is 1. The predicted octanol–water partition coefficient (Wildman–Crippen LogP) is 5.91. The first-order valence-corrected chi connectivity index (χ1v) is 17.2. The maximum atomic E-state index is 16.5. The first-order valence-electron chi connectivity index (χ1n) is 16.3. The molecule has 1 aromatic carbocycles. The number of anilines is 1. The number of amides is 1. The third kappa shape index (κ3) is 6.70. The van der Waals surface area contributed by atoms with E-state index in [2.05, 4.69) is 19.9 Å². The molecule has 11 nitrogen and oxygen atoms in total. The Morgan fingerprint density at radius 2 is 2.02 bits per heavy atom. The summed E-state index contributed by atoms with van der Waals surface area (Å²) in [7, 11) is 0. The van der Waals surface area contributed by atoms with Crippen LogP contribution in [-0.2, 0) is 11.0 Å². The van der Waals surface area contributed by atoms with Gasteiger partial charge >= 0.3 is 12.2 Å². The lowest BCUT2D eigenvalue weighted by molar-refractivity contribution is -0.137. The molecule has 0 unspecified atom stereocenters. The van der Waals surface area contributed by atoms with Crippen LogP contribution in [0.25, 0.3) is 28.2 Å². The minimum Gasteiger partial charge on any atom is -0.508 e. The van der Waals surface area contributed by atoms with Crippen molar-refractivity contribution in [2.24, 2.45) is 0 Å². The van der Waals surface area contributed by atoms with Crippen molar-refractivity contribution in [1.82, 2.24) is 29.7 Å². The number of carbonyl (C=O) groups excluding carboxylic acids is 1. The molecule has 3 saturated heterocycles. The lowest BCUT2D eigenvalue weighted by Gasteiger charge is -2.41. The van der Waals surface area contributed by atoms with Gasteiger partial charge in [-0.05, 0) is 37.6 Å². The molecule has 0 spiro atoms. The molecule has 0 aliphatic carbocycles. The van der Waals surface area contributed by atoms with Crippen molar-refractivity contribution in [3.63, 3.8) is 0 Å². The molecule has 0 bridgehead atoms. The van der Waals surface area contributed by atoms with Crippen LogP contribution < -0.4 is 9.64 Å². The zero-order chi connectivity index (χ0) is 36.8. The van der Waals surface area contributed by atoms with Crippen molar-refractivity contribution in [2.45, 2.75) is 49.6 Å². The van der Waals surface area contributed by atoms with E-state index in [1.54, 1.807) is 10.3 Å². The van der Waals surface area contributed by atoms with E-state index in [-0.39, 0.29) is 67.8 Å². The molecular formula is C34H30F6N8O3S. The van der Waals surface area contributed by atoms with Crippen molar-refractivity contribution in [2.75, 3.05) is 44.2 Å². The molecule has 18 heteroatoms. The zero-order valence-electron chi connectivity index (χ0n) is 27.3. The Balaban J connectivity index is 1.28. The van der Waals surface area contributed by atoms with E-state index in [1.165, 1.54) is 11.1 Å². The van der Waals surface area contributed by atoms with Gasteiger partial charge in [0.15, 0.2) is 11.6 Å². The summed E-state index contributed by atoms with van der Waals surface area (Å²) >= 11 is 1.14. The number of hydrogen-bond acceptors (Lipinski definition) is 11. The smallest absolute Gasteiger partial charge is 0.417 e. The molecular weight excluding hydrogens is 714 g/mol. The number of aromatic nitrogens is 4. The SMILES string of the molecule is N#CC[C@H]1CN(c2nc(OC[C@@]34CCCN3C[C@H](F)C4)nc3c(F)c(-c4cc(O)ccc4C(F)(F)F)ncc23)CCN1C(=O)/C(F)=C/c1nccs1. The average molecular weight is 745 g/mol. The molecule has 1 amide bonds. The van der Waals surface area contributed by atoms with E-state index in [0.29, 0.717) is 19.0 Å². The second-order valence-corrected chi connectivity index (χ2v) is 13.9. The van der Waals surface area contributed by atoms with Crippen molar-refractivity contribution in [1.29, 1.82) is 5.26 Å². The number of thiazole rings is 1. The van der Waals surface area contributed by atoms with Gasteiger partial charge in [0, 0.05) is 62.0 Å². The summed E-state index contributed by atoms with van der Waals surface area (Å²) in [5.41, 5.74) is -3.76. The Hall–Kier alpha value is -5.02. The van der Waals surface area contributed by atoms with E-state index in [4.69, 9.17) is 4.74 Å². The molecule has 0 radical (unpaired) electrons. The van der Waals surface area contributed by atoms with Gasteiger partial charge in [-0.1, -0.05) is 0 Å². The molecule has 272 valence electrons. The predicted molar refractivity (Wildman–Crippen MR) is 177 cm³/mol. The molecule has 1 N–H and O–H groups in total. The van der Waals surface area contributed by atoms with Crippen molar-refractivity contribution < 1.29 is 41.0 Å². The van der Waals surface area contributed by atoms with Crippen LogP contribution in [0.4, 0.5) is 32.2 Å². The highest BCUT2D eigenvalue weighted by Crippen LogP contribution is 2.42. The van der Waals surface area contributed by atoms with Gasteiger partial charge in [-0.3, -0.25) is 14.7 Å². The van der Waals surface area contributed by atoms with Crippen LogP contribution >= 0.6 is 11.3 Å². The first-order chi connectivity index (χ1) is 24.9. The highest BCUT2D eigenvalue weighted by atomic mass is 32.1. The number of rotatable bonds is 8. The molecule has 4 aromatic rings. The molecule has 3 aromatic heterocycles. The second kappa shape index (κ2) is 13.8. The number of pyridine rings is 1. The molecule has 3 fully saturated rings. The van der Waals surface area contributed by atoms with Gasteiger partial charge in [-0.2, -0.15) is 28.4 Å². The lowest BCUT2D eigenvalue weighted by Crippen LogP contribution is -2.55. The minimum atomic E-state index is -4.92. The summed E-state index contributed by atoms with van der Waals surface area (Å²) in [6.07, 6.45) is -0.926. The number of halogens is 6. The van der Waals surface area contributed by atoms with Crippen molar-refractivity contribution >= 4 is 40.0 Å². The fourth-order valence-electron chi connectivity index (χ4n) is 7.35. The normalized spacial score (nSPS) is 22.5. The fourth-order valence-corrected chi connectivity index (χ4v) is 7.90. The molecule has 7 rings (SSSR count). The zero-order valence-corrected chi connectivity index (χ0v) is 28.1. The van der Waals surface area contributed by atoms with Gasteiger partial charge in [0.05, 0.1) is 35.0 Å². The van der Waals surface area contributed by atoms with Gasteiger partial charge < -0.3 is 19.6 Å². The van der Waals surface area contributed by atoms with Gasteiger partial charge in [0.25, 0.3) is 5.91 Å². The van der Waals surface area contributed by atoms with E-state index in [9.17, 15) is 32.7 Å². The number of alkyl halides is 4. The van der Waals surface area contributed by atoms with E-state index in [1.807, 2.05) is 11.0 Å². The number of ether oxygens (including phenoxy) is 1. The first kappa shape index (κ1) is 35.4. The lowest BCUT2D eigenvalue weighted by atomic mass is 9.95. The fraction of sp³-hybridized carbons (Fsp3) is 0.412. The number of carbonyl (C=O) groups is 1. The Labute approximate surface area is 296 Å². The van der Waals surface area contributed by atoms with Crippen LogP contribution in [0.1, 0.15) is 36.3 Å². The molecule has 3 aliphatic rings. The van der Waals surface area contributed by atoms with Gasteiger partial charge in [-0.25, -0.2) is 18.2 Å². The van der Waals surface area contributed by atoms with Gasteiger partial charge in [0.2, 0.25) is 0 Å². The topological polar surface area (TPSA) is 132 Å². The maximum absolute atomic E-state index is 16.5. The average Bonchev–Trinajstić information content (AvgIpc) is 3.83. The number of fused-ring (bicyclic) bond motifs is 2.